The summed E-state index contributed by atoms with van der Waals surface area (Å²) in [4.78, 5) is 59.0. The van der Waals surface area contributed by atoms with Crippen LogP contribution in [0.15, 0.2) is 170 Å². The van der Waals surface area contributed by atoms with Gasteiger partial charge in [-0.3, -0.25) is 32.5 Å². The van der Waals surface area contributed by atoms with Gasteiger partial charge in [0.2, 0.25) is 0 Å². The Morgan fingerprint density at radius 3 is 0.664 bits per heavy atom. The summed E-state index contributed by atoms with van der Waals surface area (Å²) in [6, 6.07) is 0. The molecule has 5 atom stereocenters. The number of phosphoric ester groups is 2. The minimum Gasteiger partial charge on any atom is -0.463 e. The highest BCUT2D eigenvalue weighted by Crippen LogP contribution is 2.45. The molecule has 0 aliphatic carbocycles. The van der Waals surface area contributed by atoms with Crippen molar-refractivity contribution in [3.8, 4) is 0 Å². The second-order valence-electron chi connectivity index (χ2n) is 31.4. The molecular formula is C101H172O16P2. The van der Waals surface area contributed by atoms with E-state index in [4.69, 9.17) is 32.3 Å². The highest BCUT2D eigenvalue weighted by Gasteiger charge is 2.30. The van der Waals surface area contributed by atoms with E-state index in [1.807, 2.05) is 0 Å². The van der Waals surface area contributed by atoms with E-state index in [0.717, 1.165) is 167 Å². The number of carbonyl (C=O) groups is 3. The number of phosphoric acid groups is 2. The third-order valence-electron chi connectivity index (χ3n) is 19.9. The zero-order valence-electron chi connectivity index (χ0n) is 75.2. The fourth-order valence-corrected chi connectivity index (χ4v) is 14.4. The number of aliphatic hydroxyl groups is 2. The normalized spacial score (nSPS) is 14.5. The van der Waals surface area contributed by atoms with Crippen LogP contribution < -0.4 is 0 Å². The zero-order chi connectivity index (χ0) is 86.5. The number of esters is 3. The molecule has 5 unspecified atom stereocenters. The van der Waals surface area contributed by atoms with Crippen molar-refractivity contribution in [1.82, 2.24) is 0 Å². The molecule has 0 aromatic rings. The third kappa shape index (κ3) is 93.5. The Hall–Kier alpha value is -5.09. The molecule has 682 valence electrons. The Kier molecular flexibility index (Phi) is 88.2. The van der Waals surface area contributed by atoms with Crippen molar-refractivity contribution in [2.45, 2.75) is 411 Å². The molecule has 0 aliphatic heterocycles. The average molecular weight is 1700 g/mol. The summed E-state index contributed by atoms with van der Waals surface area (Å²) < 4.78 is 61.5. The standard InChI is InChI=1S/C101H172O16P2/c1-4-7-10-13-16-19-22-25-28-31-34-36-38-40-42-44-46-47-49-51-52-54-56-58-61-63-66-69-72-75-78-81-84-87-99(104)111-90-96(102)91-113-118(107,108)114-92-97(103)93-115-119(109,110)116-95-98(117-101(106)89-86-83-80-77-74-71-68-65-60-33-30-27-24-21-18-15-12-9-6-3)94-112-100(105)88-85-82-79-76-73-70-67-64-62-59-57-55-53-50-48-45-43-41-39-37-35-32-29-26-23-20-17-14-11-8-5-2/h7-12,16-21,25-30,34-37,40-43,60,65,96-98,102-103H,4-6,13-15,22-24,31-33,38-39,44-59,61-64,66-95H2,1-3H3,(H,107,108)(H,109,110)/b10-7-,11-8-,12-9-,19-16-,20-17-,21-18-,28-25-,29-26-,30-27-,36-34-,37-35-,42-40-,43-41-,65-60-. The number of rotatable bonds is 89. The second-order valence-corrected chi connectivity index (χ2v) is 34.3. The van der Waals surface area contributed by atoms with E-state index < -0.39 is 91.5 Å². The molecule has 0 saturated carbocycles. The predicted octanol–water partition coefficient (Wildman–Crippen LogP) is 29.4. The maximum absolute atomic E-state index is 13.1. The predicted molar refractivity (Wildman–Crippen MR) is 500 cm³/mol. The Morgan fingerprint density at radius 1 is 0.235 bits per heavy atom. The van der Waals surface area contributed by atoms with Gasteiger partial charge in [0.25, 0.3) is 0 Å². The van der Waals surface area contributed by atoms with Gasteiger partial charge in [-0.15, -0.1) is 0 Å². The SMILES string of the molecule is CC/C=C\C/C=C\C/C=C\C/C=C\C/C=C\CCCCCCCCCCCCCCCCCCCC(=O)OCC(O)COP(=O)(O)OCC(O)COP(=O)(O)OCC(COC(=O)CCCCCCCCCCCCCCCCC/C=C\C/C=C\C/C=C\C/C=C\C/C=C\CC)OC(=O)CCCCCCCC/C=C\C/C=C\C/C=C\C/C=C\CC. The quantitative estimate of drug-likeness (QED) is 0.0146. The number of allylic oxidation sites excluding steroid dienone is 28. The second kappa shape index (κ2) is 92.1. The summed E-state index contributed by atoms with van der Waals surface area (Å²) in [7, 11) is -9.81. The van der Waals surface area contributed by atoms with Gasteiger partial charge >= 0.3 is 33.6 Å². The van der Waals surface area contributed by atoms with Crippen LogP contribution in [0, 0.1) is 0 Å². The third-order valence-corrected chi connectivity index (χ3v) is 21.8. The molecule has 4 N–H and O–H groups in total. The number of ether oxygens (including phenoxy) is 3. The Balaban J connectivity index is 4.52. The maximum atomic E-state index is 13.1. The van der Waals surface area contributed by atoms with Gasteiger partial charge in [0.05, 0.1) is 26.4 Å². The van der Waals surface area contributed by atoms with Crippen LogP contribution >= 0.6 is 15.6 Å². The number of hydrogen-bond donors (Lipinski definition) is 4. The van der Waals surface area contributed by atoms with E-state index in [2.05, 4.69) is 191 Å². The lowest BCUT2D eigenvalue weighted by molar-refractivity contribution is -0.161. The van der Waals surface area contributed by atoms with Crippen LogP contribution in [-0.4, -0.2) is 95.9 Å². The Labute approximate surface area is 726 Å². The average Bonchev–Trinajstić information content (AvgIpc) is 0.941. The van der Waals surface area contributed by atoms with Crippen LogP contribution in [0.5, 0.6) is 0 Å². The first-order chi connectivity index (χ1) is 58.2. The first kappa shape index (κ1) is 114. The van der Waals surface area contributed by atoms with Gasteiger partial charge in [-0.1, -0.05) is 396 Å². The minimum atomic E-state index is -4.95. The molecule has 0 radical (unpaired) electrons. The number of hydrogen-bond acceptors (Lipinski definition) is 14. The van der Waals surface area contributed by atoms with E-state index in [0.29, 0.717) is 19.3 Å². The van der Waals surface area contributed by atoms with E-state index >= 15 is 0 Å². The highest BCUT2D eigenvalue weighted by atomic mass is 31.2. The summed E-state index contributed by atoms with van der Waals surface area (Å²) in [6.07, 6.45) is 120. The smallest absolute Gasteiger partial charge is 0.463 e. The first-order valence-electron chi connectivity index (χ1n) is 47.4. The molecule has 0 spiro atoms. The van der Waals surface area contributed by atoms with Gasteiger partial charge < -0.3 is 34.2 Å². The van der Waals surface area contributed by atoms with Gasteiger partial charge in [0.15, 0.2) is 6.10 Å². The van der Waals surface area contributed by atoms with Crippen molar-refractivity contribution in [3.05, 3.63) is 170 Å². The van der Waals surface area contributed by atoms with Crippen LogP contribution in [0.3, 0.4) is 0 Å². The summed E-state index contributed by atoms with van der Waals surface area (Å²) >= 11 is 0. The lowest BCUT2D eigenvalue weighted by Crippen LogP contribution is -2.30. The van der Waals surface area contributed by atoms with E-state index in [-0.39, 0.29) is 19.3 Å². The molecule has 0 saturated heterocycles. The summed E-state index contributed by atoms with van der Waals surface area (Å²) in [5, 5.41) is 20.7. The van der Waals surface area contributed by atoms with Crippen LogP contribution in [0.1, 0.15) is 393 Å². The number of carbonyl (C=O) groups excluding carboxylic acids is 3. The zero-order valence-corrected chi connectivity index (χ0v) is 77.0. The van der Waals surface area contributed by atoms with Crippen molar-refractivity contribution >= 4 is 33.6 Å². The fraction of sp³-hybridized carbons (Fsp3) is 0.693. The van der Waals surface area contributed by atoms with Crippen molar-refractivity contribution in [3.63, 3.8) is 0 Å². The van der Waals surface area contributed by atoms with Crippen LogP contribution in [0.25, 0.3) is 0 Å². The van der Waals surface area contributed by atoms with Gasteiger partial charge in [-0.2, -0.15) is 0 Å². The molecule has 119 heavy (non-hydrogen) atoms. The molecular weight excluding hydrogens is 1530 g/mol. The largest absolute Gasteiger partial charge is 0.472 e. The molecule has 0 heterocycles. The number of aliphatic hydroxyl groups excluding tert-OH is 2. The minimum absolute atomic E-state index is 0.0857. The Morgan fingerprint density at radius 2 is 0.420 bits per heavy atom. The summed E-state index contributed by atoms with van der Waals surface area (Å²) in [5.74, 6) is -1.58. The lowest BCUT2D eigenvalue weighted by atomic mass is 10.0. The summed E-state index contributed by atoms with van der Waals surface area (Å²) in [6.45, 7) is 2.38. The van der Waals surface area contributed by atoms with Crippen molar-refractivity contribution in [1.29, 1.82) is 0 Å². The molecule has 0 bridgehead atoms. The Bertz CT molecular complexity index is 2840. The van der Waals surface area contributed by atoms with Gasteiger partial charge in [0.1, 0.15) is 25.4 Å². The molecule has 0 fully saturated rings. The number of unbranched alkanes of at least 4 members (excludes halogenated alkanes) is 38. The van der Waals surface area contributed by atoms with Crippen molar-refractivity contribution < 1.29 is 75.8 Å². The lowest BCUT2D eigenvalue weighted by Gasteiger charge is -2.21. The van der Waals surface area contributed by atoms with Gasteiger partial charge in [-0.25, -0.2) is 9.13 Å². The molecule has 0 aromatic carbocycles. The van der Waals surface area contributed by atoms with Gasteiger partial charge in [-0.05, 0) is 148 Å². The van der Waals surface area contributed by atoms with E-state index in [1.54, 1.807) is 0 Å². The van der Waals surface area contributed by atoms with Crippen molar-refractivity contribution in [2.75, 3.05) is 39.6 Å². The summed E-state index contributed by atoms with van der Waals surface area (Å²) in [5.41, 5.74) is 0. The molecule has 18 heteroatoms. The van der Waals surface area contributed by atoms with Crippen LogP contribution in [0.2, 0.25) is 0 Å². The van der Waals surface area contributed by atoms with Crippen molar-refractivity contribution in [2.24, 2.45) is 0 Å². The van der Waals surface area contributed by atoms with E-state index in [1.165, 1.54) is 167 Å². The highest BCUT2D eigenvalue weighted by molar-refractivity contribution is 7.47. The first-order valence-corrected chi connectivity index (χ1v) is 50.4. The molecule has 16 nitrogen and oxygen atoms in total. The molecule has 0 amide bonds. The van der Waals surface area contributed by atoms with Gasteiger partial charge in [0, 0.05) is 19.3 Å². The van der Waals surface area contributed by atoms with Crippen LogP contribution in [-0.2, 0) is 55.8 Å². The molecule has 0 aliphatic rings. The topological polar surface area (TPSA) is 231 Å². The monoisotopic (exact) mass is 1700 g/mol. The fourth-order valence-electron chi connectivity index (χ4n) is 12.9. The van der Waals surface area contributed by atoms with E-state index in [9.17, 15) is 43.5 Å². The van der Waals surface area contributed by atoms with Crippen LogP contribution in [0.4, 0.5) is 0 Å². The molecule has 0 rings (SSSR count). The maximum Gasteiger partial charge on any atom is 0.472 e. The molecule has 0 aromatic heterocycles.